The zero-order valence-corrected chi connectivity index (χ0v) is 16.0. The van der Waals surface area contributed by atoms with Crippen molar-refractivity contribution in [2.24, 2.45) is 0 Å². The number of hydrogen-bond donors (Lipinski definition) is 0. The Morgan fingerprint density at radius 1 is 1.23 bits per heavy atom. The number of rotatable bonds is 6. The van der Waals surface area contributed by atoms with Crippen LogP contribution in [0.15, 0.2) is 54.6 Å². The molecule has 0 N–H and O–H groups in total. The fourth-order valence-electron chi connectivity index (χ4n) is 2.55. The number of carbonyl (C=O) groups excluding carboxylic acids is 1. The first kappa shape index (κ1) is 18.1. The number of fused-ring (bicyclic) bond motifs is 1. The van der Waals surface area contributed by atoms with Crippen LogP contribution in [0.4, 0.5) is 0 Å². The minimum absolute atomic E-state index is 0.0503. The number of amides is 1. The van der Waals surface area contributed by atoms with Gasteiger partial charge in [-0.1, -0.05) is 24.3 Å². The molecule has 0 aliphatic heterocycles. The third kappa shape index (κ3) is 4.11. The summed E-state index contributed by atoms with van der Waals surface area (Å²) in [5, 5.41) is 0.941. The van der Waals surface area contributed by atoms with Gasteiger partial charge in [0, 0.05) is 13.1 Å². The topological polar surface area (TPSA) is 42.4 Å². The lowest BCUT2D eigenvalue weighted by Crippen LogP contribution is -2.27. The maximum absolute atomic E-state index is 12.5. The average molecular weight is 366 g/mol. The van der Waals surface area contributed by atoms with Crippen LogP contribution in [0.3, 0.4) is 0 Å². The first-order valence-electron chi connectivity index (χ1n) is 8.61. The molecule has 1 amide bonds. The largest absolute Gasteiger partial charge is 0.494 e. The molecule has 5 heteroatoms. The summed E-state index contributed by atoms with van der Waals surface area (Å²) in [4.78, 5) is 18.9. The van der Waals surface area contributed by atoms with Crippen molar-refractivity contribution in [3.63, 3.8) is 0 Å². The van der Waals surface area contributed by atoms with Crippen molar-refractivity contribution in [2.45, 2.75) is 19.9 Å². The molecular weight excluding hydrogens is 344 g/mol. The molecule has 0 radical (unpaired) electrons. The molecule has 0 fully saturated rings. The third-order valence-corrected chi connectivity index (χ3v) is 5.41. The van der Waals surface area contributed by atoms with Gasteiger partial charge in [-0.2, -0.15) is 0 Å². The van der Waals surface area contributed by atoms with Gasteiger partial charge in [-0.25, -0.2) is 4.98 Å². The van der Waals surface area contributed by atoms with E-state index in [0.29, 0.717) is 6.61 Å². The van der Waals surface area contributed by atoms with Crippen molar-refractivity contribution in [2.75, 3.05) is 13.7 Å². The van der Waals surface area contributed by atoms with Crippen molar-refractivity contribution in [3.05, 3.63) is 65.2 Å². The predicted molar refractivity (Wildman–Crippen MR) is 107 cm³/mol. The third-order valence-electron chi connectivity index (χ3n) is 4.21. The van der Waals surface area contributed by atoms with E-state index in [9.17, 15) is 4.79 Å². The molecule has 4 nitrogen and oxygen atoms in total. The predicted octanol–water partition coefficient (Wildman–Crippen LogP) is 4.93. The summed E-state index contributed by atoms with van der Waals surface area (Å²) in [6.45, 7) is 4.59. The Bertz CT molecular complexity index is 882. The number of nitrogens with zero attached hydrogens (tertiary/aromatic N) is 2. The number of likely N-dealkylation sites (N-methyl/N-ethyl adjacent to an activating group) is 1. The van der Waals surface area contributed by atoms with E-state index >= 15 is 0 Å². The number of ether oxygens (including phenoxy) is 1. The van der Waals surface area contributed by atoms with E-state index in [1.54, 1.807) is 22.3 Å². The van der Waals surface area contributed by atoms with Gasteiger partial charge in [0.05, 0.1) is 22.9 Å². The second-order valence-corrected chi connectivity index (χ2v) is 7.04. The number of hydrogen-bond acceptors (Lipinski definition) is 4. The van der Waals surface area contributed by atoms with Gasteiger partial charge in [0.2, 0.25) is 5.91 Å². The Kier molecular flexibility index (Phi) is 5.68. The minimum atomic E-state index is -0.0788. The van der Waals surface area contributed by atoms with Crippen molar-refractivity contribution in [1.82, 2.24) is 9.88 Å². The van der Waals surface area contributed by atoms with Gasteiger partial charge in [0.15, 0.2) is 0 Å². The number of benzene rings is 2. The van der Waals surface area contributed by atoms with E-state index in [4.69, 9.17) is 4.74 Å². The highest BCUT2D eigenvalue weighted by Crippen LogP contribution is 2.28. The molecule has 1 heterocycles. The summed E-state index contributed by atoms with van der Waals surface area (Å²) < 4.78 is 6.56. The van der Waals surface area contributed by atoms with Gasteiger partial charge in [-0.15, -0.1) is 11.3 Å². The van der Waals surface area contributed by atoms with E-state index in [0.717, 1.165) is 26.5 Å². The summed E-state index contributed by atoms with van der Waals surface area (Å²) >= 11 is 1.63. The van der Waals surface area contributed by atoms with Crippen LogP contribution in [0, 0.1) is 0 Å². The monoisotopic (exact) mass is 366 g/mol. The molecule has 0 bridgehead atoms. The van der Waals surface area contributed by atoms with Crippen molar-refractivity contribution in [3.8, 4) is 5.75 Å². The molecule has 3 aromatic rings. The van der Waals surface area contributed by atoms with Crippen LogP contribution in [0.1, 0.15) is 30.5 Å². The molecule has 134 valence electrons. The highest BCUT2D eigenvalue weighted by atomic mass is 32.1. The zero-order chi connectivity index (χ0) is 18.5. The lowest BCUT2D eigenvalue weighted by Gasteiger charge is -2.21. The highest BCUT2D eigenvalue weighted by molar-refractivity contribution is 7.18. The maximum Gasteiger partial charge on any atom is 0.246 e. The number of carbonyl (C=O) groups is 1. The summed E-state index contributed by atoms with van der Waals surface area (Å²) in [6.07, 6.45) is 3.42. The summed E-state index contributed by atoms with van der Waals surface area (Å²) in [5.74, 6) is 0.781. The highest BCUT2D eigenvalue weighted by Gasteiger charge is 2.19. The molecule has 2 aromatic carbocycles. The van der Waals surface area contributed by atoms with Gasteiger partial charge in [0.25, 0.3) is 0 Å². The smallest absolute Gasteiger partial charge is 0.246 e. The lowest BCUT2D eigenvalue weighted by molar-refractivity contribution is -0.126. The van der Waals surface area contributed by atoms with E-state index in [1.165, 1.54) is 0 Å². The SMILES string of the molecule is CCOc1ccc(/C=C/C(=O)N(C)[C@@H](C)c2nc3ccccc3s2)cc1. The minimum Gasteiger partial charge on any atom is -0.494 e. The molecule has 3 rings (SSSR count). The molecular formula is C21H22N2O2S. The number of aromatic nitrogens is 1. The van der Waals surface area contributed by atoms with Crippen LogP contribution in [0.2, 0.25) is 0 Å². The molecule has 0 unspecified atom stereocenters. The van der Waals surface area contributed by atoms with Crippen LogP contribution >= 0.6 is 11.3 Å². The van der Waals surface area contributed by atoms with Crippen LogP contribution in [0.5, 0.6) is 5.75 Å². The molecule has 0 saturated heterocycles. The molecule has 26 heavy (non-hydrogen) atoms. The zero-order valence-electron chi connectivity index (χ0n) is 15.2. The fraction of sp³-hybridized carbons (Fsp3) is 0.238. The van der Waals surface area contributed by atoms with Crippen molar-refractivity contribution in [1.29, 1.82) is 0 Å². The second-order valence-electron chi connectivity index (χ2n) is 5.98. The molecule has 0 aliphatic carbocycles. The Balaban J connectivity index is 1.68. The average Bonchev–Trinajstić information content (AvgIpc) is 3.10. The van der Waals surface area contributed by atoms with Crippen molar-refractivity contribution < 1.29 is 9.53 Å². The Morgan fingerprint density at radius 2 is 1.96 bits per heavy atom. The quantitative estimate of drug-likeness (QED) is 0.581. The summed E-state index contributed by atoms with van der Waals surface area (Å²) in [7, 11) is 1.81. The normalized spacial score (nSPS) is 12.4. The van der Waals surface area contributed by atoms with Gasteiger partial charge in [-0.05, 0) is 49.8 Å². The van der Waals surface area contributed by atoms with Crippen LogP contribution in [-0.4, -0.2) is 29.4 Å². The Morgan fingerprint density at radius 3 is 2.65 bits per heavy atom. The maximum atomic E-state index is 12.5. The standard InChI is InChI=1S/C21H22N2O2S/c1-4-25-17-12-9-16(10-13-17)11-14-20(24)23(3)15(2)21-22-18-7-5-6-8-19(18)26-21/h5-15H,4H2,1-3H3/b14-11+/t15-/m0/s1. The Hall–Kier alpha value is -2.66. The molecule has 0 spiro atoms. The summed E-state index contributed by atoms with van der Waals surface area (Å²) in [5.41, 5.74) is 1.94. The van der Waals surface area contributed by atoms with E-state index in [-0.39, 0.29) is 11.9 Å². The fourth-order valence-corrected chi connectivity index (χ4v) is 3.61. The van der Waals surface area contributed by atoms with Crippen LogP contribution in [-0.2, 0) is 4.79 Å². The number of para-hydroxylation sites is 1. The van der Waals surface area contributed by atoms with Crippen molar-refractivity contribution >= 4 is 33.5 Å². The van der Waals surface area contributed by atoms with E-state index < -0.39 is 0 Å². The van der Waals surface area contributed by atoms with Gasteiger partial charge >= 0.3 is 0 Å². The van der Waals surface area contributed by atoms with Crippen LogP contribution < -0.4 is 4.74 Å². The first-order valence-corrected chi connectivity index (χ1v) is 9.43. The van der Waals surface area contributed by atoms with Gasteiger partial charge in [0.1, 0.15) is 10.8 Å². The second kappa shape index (κ2) is 8.15. The van der Waals surface area contributed by atoms with Crippen LogP contribution in [0.25, 0.3) is 16.3 Å². The Labute approximate surface area is 157 Å². The number of thiazole rings is 1. The van der Waals surface area contributed by atoms with E-state index in [1.807, 2.05) is 69.4 Å². The summed E-state index contributed by atoms with van der Waals surface area (Å²) in [6, 6.07) is 15.6. The molecule has 1 atom stereocenters. The van der Waals surface area contributed by atoms with Gasteiger partial charge < -0.3 is 9.64 Å². The molecule has 1 aromatic heterocycles. The molecule has 0 aliphatic rings. The lowest BCUT2D eigenvalue weighted by atomic mass is 10.2. The first-order chi connectivity index (χ1) is 12.6. The molecule has 0 saturated carbocycles. The van der Waals surface area contributed by atoms with E-state index in [2.05, 4.69) is 11.1 Å². The van der Waals surface area contributed by atoms with Gasteiger partial charge in [-0.3, -0.25) is 4.79 Å².